The van der Waals surface area contributed by atoms with Crippen LogP contribution in [0.5, 0.6) is 5.75 Å². The van der Waals surface area contributed by atoms with Crippen LogP contribution in [0.1, 0.15) is 0 Å². The standard InChI is InChI=1S/C14H12BrNO5S/c15-10-4-6-13(7-5-10)22(19,20)16-11-2-1-3-12(8-11)21-9-14(17)18/h1-8,16H,9H2,(H,17,18). The van der Waals surface area contributed by atoms with E-state index in [1.54, 1.807) is 30.3 Å². The molecule has 0 aliphatic rings. The minimum atomic E-state index is -3.72. The molecule has 116 valence electrons. The van der Waals surface area contributed by atoms with E-state index < -0.39 is 22.6 Å². The number of carboxylic acids is 1. The number of halogens is 1. The van der Waals surface area contributed by atoms with E-state index >= 15 is 0 Å². The number of sulfonamides is 1. The Balaban J connectivity index is 2.17. The van der Waals surface area contributed by atoms with Gasteiger partial charge < -0.3 is 9.84 Å². The fourth-order valence-corrected chi connectivity index (χ4v) is 2.94. The fourth-order valence-electron chi connectivity index (χ4n) is 1.62. The zero-order valence-corrected chi connectivity index (χ0v) is 13.6. The summed E-state index contributed by atoms with van der Waals surface area (Å²) in [5.74, 6) is -0.848. The monoisotopic (exact) mass is 385 g/mol. The second-order valence-corrected chi connectivity index (χ2v) is 6.87. The summed E-state index contributed by atoms with van der Waals surface area (Å²) in [6.45, 7) is -0.497. The Bertz CT molecular complexity index is 774. The van der Waals surface area contributed by atoms with Gasteiger partial charge in [-0.3, -0.25) is 4.72 Å². The van der Waals surface area contributed by atoms with Gasteiger partial charge in [-0.2, -0.15) is 0 Å². The van der Waals surface area contributed by atoms with Gasteiger partial charge >= 0.3 is 5.97 Å². The zero-order valence-electron chi connectivity index (χ0n) is 11.2. The highest BCUT2D eigenvalue weighted by Gasteiger charge is 2.14. The number of carboxylic acid groups (broad SMARTS) is 1. The van der Waals surface area contributed by atoms with Gasteiger partial charge in [0, 0.05) is 10.5 Å². The van der Waals surface area contributed by atoms with E-state index in [0.717, 1.165) is 4.47 Å². The predicted molar refractivity (Wildman–Crippen MR) is 84.5 cm³/mol. The average Bonchev–Trinajstić information content (AvgIpc) is 2.45. The first kappa shape index (κ1) is 16.3. The lowest BCUT2D eigenvalue weighted by Gasteiger charge is -2.10. The zero-order chi connectivity index (χ0) is 16.2. The smallest absolute Gasteiger partial charge is 0.341 e. The van der Waals surface area contributed by atoms with Gasteiger partial charge in [-0.1, -0.05) is 22.0 Å². The van der Waals surface area contributed by atoms with E-state index in [1.165, 1.54) is 18.2 Å². The number of rotatable bonds is 6. The average molecular weight is 386 g/mol. The van der Waals surface area contributed by atoms with Crippen LogP contribution in [0.25, 0.3) is 0 Å². The number of hydrogen-bond donors (Lipinski definition) is 2. The number of aliphatic carboxylic acids is 1. The Morgan fingerprint density at radius 3 is 2.50 bits per heavy atom. The molecule has 0 aliphatic heterocycles. The molecule has 0 spiro atoms. The van der Waals surface area contributed by atoms with Crippen LogP contribution in [0.2, 0.25) is 0 Å². The van der Waals surface area contributed by atoms with Crippen molar-refractivity contribution in [1.29, 1.82) is 0 Å². The third-order valence-corrected chi connectivity index (χ3v) is 4.50. The first-order valence-corrected chi connectivity index (χ1v) is 8.37. The lowest BCUT2D eigenvalue weighted by Crippen LogP contribution is -2.13. The molecule has 0 saturated heterocycles. The Hall–Kier alpha value is -2.06. The molecule has 0 radical (unpaired) electrons. The molecular formula is C14H12BrNO5S. The van der Waals surface area contributed by atoms with Crippen molar-refractivity contribution in [2.24, 2.45) is 0 Å². The number of ether oxygens (including phenoxy) is 1. The van der Waals surface area contributed by atoms with Gasteiger partial charge in [0.05, 0.1) is 10.6 Å². The van der Waals surface area contributed by atoms with Gasteiger partial charge in [0.1, 0.15) is 5.75 Å². The molecule has 0 aliphatic carbocycles. The number of hydrogen-bond acceptors (Lipinski definition) is 4. The van der Waals surface area contributed by atoms with Crippen LogP contribution < -0.4 is 9.46 Å². The summed E-state index contributed by atoms with van der Waals surface area (Å²) in [7, 11) is -3.72. The van der Waals surface area contributed by atoms with Crippen molar-refractivity contribution in [3.63, 3.8) is 0 Å². The Labute approximate surface area is 135 Å². The van der Waals surface area contributed by atoms with E-state index in [4.69, 9.17) is 9.84 Å². The van der Waals surface area contributed by atoms with Crippen LogP contribution in [-0.4, -0.2) is 26.1 Å². The number of carbonyl (C=O) groups is 1. The molecule has 0 aromatic heterocycles. The quantitative estimate of drug-likeness (QED) is 0.797. The molecule has 0 amide bonds. The van der Waals surface area contributed by atoms with E-state index in [-0.39, 0.29) is 16.3 Å². The van der Waals surface area contributed by atoms with Crippen LogP contribution in [-0.2, 0) is 14.8 Å². The van der Waals surface area contributed by atoms with Crippen molar-refractivity contribution < 1.29 is 23.1 Å². The molecule has 2 rings (SSSR count). The second kappa shape index (κ2) is 6.80. The van der Waals surface area contributed by atoms with Crippen molar-refractivity contribution in [2.75, 3.05) is 11.3 Å². The SMILES string of the molecule is O=C(O)COc1cccc(NS(=O)(=O)c2ccc(Br)cc2)c1. The van der Waals surface area contributed by atoms with Crippen molar-refractivity contribution in [3.05, 3.63) is 53.0 Å². The summed E-state index contributed by atoms with van der Waals surface area (Å²) in [6.07, 6.45) is 0. The van der Waals surface area contributed by atoms with Crippen LogP contribution >= 0.6 is 15.9 Å². The summed E-state index contributed by atoms with van der Waals surface area (Å²) < 4.78 is 32.6. The number of benzene rings is 2. The van der Waals surface area contributed by atoms with Gasteiger partial charge in [-0.25, -0.2) is 13.2 Å². The summed E-state index contributed by atoms with van der Waals surface area (Å²) >= 11 is 3.24. The Morgan fingerprint density at radius 2 is 1.86 bits per heavy atom. The number of anilines is 1. The lowest BCUT2D eigenvalue weighted by atomic mass is 10.3. The topological polar surface area (TPSA) is 92.7 Å². The molecular weight excluding hydrogens is 374 g/mol. The minimum absolute atomic E-state index is 0.118. The van der Waals surface area contributed by atoms with Crippen LogP contribution in [0.4, 0.5) is 5.69 Å². The normalized spacial score (nSPS) is 11.0. The maximum atomic E-state index is 12.2. The Kier molecular flexibility index (Phi) is 5.04. The molecule has 0 saturated carbocycles. The third-order valence-electron chi connectivity index (χ3n) is 2.57. The summed E-state index contributed by atoms with van der Waals surface area (Å²) in [5, 5.41) is 8.56. The molecule has 2 aromatic carbocycles. The van der Waals surface area contributed by atoms with E-state index in [9.17, 15) is 13.2 Å². The summed E-state index contributed by atoms with van der Waals surface area (Å²) in [4.78, 5) is 10.6. The highest BCUT2D eigenvalue weighted by atomic mass is 79.9. The molecule has 0 heterocycles. The minimum Gasteiger partial charge on any atom is -0.482 e. The maximum absolute atomic E-state index is 12.2. The molecule has 6 nitrogen and oxygen atoms in total. The largest absolute Gasteiger partial charge is 0.482 e. The summed E-state index contributed by atoms with van der Waals surface area (Å²) in [5.41, 5.74) is 0.283. The van der Waals surface area contributed by atoms with Crippen LogP contribution in [0, 0.1) is 0 Å². The molecule has 0 atom stereocenters. The predicted octanol–water partition coefficient (Wildman–Crippen LogP) is 2.71. The molecule has 0 bridgehead atoms. The van der Waals surface area contributed by atoms with Crippen LogP contribution in [0.3, 0.4) is 0 Å². The molecule has 2 aromatic rings. The van der Waals surface area contributed by atoms with Crippen molar-refractivity contribution in [3.8, 4) is 5.75 Å². The van der Waals surface area contributed by atoms with Gasteiger partial charge in [0.2, 0.25) is 0 Å². The van der Waals surface area contributed by atoms with Crippen LogP contribution in [0.15, 0.2) is 57.9 Å². The highest BCUT2D eigenvalue weighted by Crippen LogP contribution is 2.22. The first-order valence-electron chi connectivity index (χ1n) is 6.10. The van der Waals surface area contributed by atoms with Gasteiger partial charge in [0.25, 0.3) is 10.0 Å². The molecule has 22 heavy (non-hydrogen) atoms. The van der Waals surface area contributed by atoms with E-state index in [0.29, 0.717) is 0 Å². The first-order chi connectivity index (χ1) is 10.4. The van der Waals surface area contributed by atoms with Gasteiger partial charge in [0.15, 0.2) is 6.61 Å². The fraction of sp³-hybridized carbons (Fsp3) is 0.0714. The van der Waals surface area contributed by atoms with Gasteiger partial charge in [-0.05, 0) is 36.4 Å². The number of nitrogens with one attached hydrogen (secondary N) is 1. The highest BCUT2D eigenvalue weighted by molar-refractivity contribution is 9.10. The van der Waals surface area contributed by atoms with Crippen molar-refractivity contribution in [1.82, 2.24) is 0 Å². The molecule has 0 fully saturated rings. The molecule has 0 unspecified atom stereocenters. The lowest BCUT2D eigenvalue weighted by molar-refractivity contribution is -0.139. The van der Waals surface area contributed by atoms with E-state index in [2.05, 4.69) is 20.7 Å². The summed E-state index contributed by atoms with van der Waals surface area (Å²) in [6, 6.07) is 12.3. The molecule has 8 heteroatoms. The second-order valence-electron chi connectivity index (χ2n) is 4.27. The molecule has 2 N–H and O–H groups in total. The Morgan fingerprint density at radius 1 is 1.18 bits per heavy atom. The third kappa shape index (κ3) is 4.47. The maximum Gasteiger partial charge on any atom is 0.341 e. The van der Waals surface area contributed by atoms with Gasteiger partial charge in [-0.15, -0.1) is 0 Å². The van der Waals surface area contributed by atoms with E-state index in [1.807, 2.05) is 0 Å². The van der Waals surface area contributed by atoms with Crippen molar-refractivity contribution >= 4 is 37.6 Å². The van der Waals surface area contributed by atoms with Crippen molar-refractivity contribution in [2.45, 2.75) is 4.90 Å².